The third-order valence-electron chi connectivity index (χ3n) is 3.68. The van der Waals surface area contributed by atoms with E-state index in [9.17, 15) is 9.59 Å². The molecule has 114 valence electrons. The summed E-state index contributed by atoms with van der Waals surface area (Å²) in [6.07, 6.45) is 4.98. The number of hydrogen-bond donors (Lipinski definition) is 3. The minimum Gasteiger partial charge on any atom is -0.373 e. The van der Waals surface area contributed by atoms with Crippen molar-refractivity contribution >= 4 is 34.2 Å². The fourth-order valence-electron chi connectivity index (χ4n) is 2.29. The summed E-state index contributed by atoms with van der Waals surface area (Å²) in [6.45, 7) is 0. The van der Waals surface area contributed by atoms with Crippen molar-refractivity contribution in [3.63, 3.8) is 0 Å². The number of nitrogens with zero attached hydrogens (tertiary/aromatic N) is 2. The molecule has 2 amide bonds. The summed E-state index contributed by atoms with van der Waals surface area (Å²) in [7, 11) is 3.32. The van der Waals surface area contributed by atoms with Crippen molar-refractivity contribution in [2.24, 2.45) is 5.92 Å². The van der Waals surface area contributed by atoms with Crippen molar-refractivity contribution in [1.82, 2.24) is 15.3 Å². The van der Waals surface area contributed by atoms with Gasteiger partial charge in [0, 0.05) is 43.2 Å². The second-order valence-corrected chi connectivity index (χ2v) is 5.23. The SMILES string of the molecule is CNC(=O)c1cnc(NC)c2cnc(NC(=O)C3CC3)cc12. The summed E-state index contributed by atoms with van der Waals surface area (Å²) < 4.78 is 0. The second kappa shape index (κ2) is 5.59. The molecule has 0 aliphatic heterocycles. The number of pyridine rings is 2. The van der Waals surface area contributed by atoms with E-state index in [1.54, 1.807) is 26.4 Å². The first-order valence-corrected chi connectivity index (χ1v) is 7.13. The molecule has 0 radical (unpaired) electrons. The maximum absolute atomic E-state index is 12.0. The summed E-state index contributed by atoms with van der Waals surface area (Å²) in [6, 6.07) is 1.71. The van der Waals surface area contributed by atoms with E-state index in [0.717, 1.165) is 18.2 Å². The lowest BCUT2D eigenvalue weighted by atomic mass is 10.1. The van der Waals surface area contributed by atoms with Gasteiger partial charge < -0.3 is 16.0 Å². The fraction of sp³-hybridized carbons (Fsp3) is 0.333. The zero-order valence-corrected chi connectivity index (χ0v) is 12.4. The minimum absolute atomic E-state index is 0.0174. The maximum atomic E-state index is 12.0. The van der Waals surface area contributed by atoms with E-state index in [-0.39, 0.29) is 17.7 Å². The average Bonchev–Trinajstić information content (AvgIpc) is 3.37. The van der Waals surface area contributed by atoms with Crippen LogP contribution in [0.25, 0.3) is 10.8 Å². The first-order valence-electron chi connectivity index (χ1n) is 7.13. The van der Waals surface area contributed by atoms with Gasteiger partial charge >= 0.3 is 0 Å². The standard InChI is InChI=1S/C15H17N5O2/c1-16-13-10-6-18-12(20-14(21)8-3-4-8)5-9(10)11(7-19-13)15(22)17-2/h5-8H,3-4H2,1-2H3,(H,16,19)(H,17,22)(H,18,20,21). The van der Waals surface area contributed by atoms with E-state index in [0.29, 0.717) is 22.6 Å². The van der Waals surface area contributed by atoms with Crippen molar-refractivity contribution in [1.29, 1.82) is 0 Å². The molecule has 2 aromatic rings. The highest BCUT2D eigenvalue weighted by molar-refractivity contribution is 6.10. The summed E-state index contributed by atoms with van der Waals surface area (Å²) in [5.41, 5.74) is 0.445. The highest BCUT2D eigenvalue weighted by atomic mass is 16.2. The van der Waals surface area contributed by atoms with Crippen LogP contribution in [-0.4, -0.2) is 35.9 Å². The molecule has 1 fully saturated rings. The first kappa shape index (κ1) is 14.2. The van der Waals surface area contributed by atoms with Crippen LogP contribution in [0.2, 0.25) is 0 Å². The van der Waals surface area contributed by atoms with Crippen LogP contribution in [-0.2, 0) is 4.79 Å². The molecule has 0 unspecified atom stereocenters. The number of hydrogen-bond acceptors (Lipinski definition) is 5. The van der Waals surface area contributed by atoms with Crippen LogP contribution in [0.5, 0.6) is 0 Å². The average molecular weight is 299 g/mol. The molecular formula is C15H17N5O2. The van der Waals surface area contributed by atoms with Crippen molar-refractivity contribution in [2.75, 3.05) is 24.7 Å². The molecule has 7 heteroatoms. The monoisotopic (exact) mass is 299 g/mol. The Kier molecular flexibility index (Phi) is 3.62. The molecule has 22 heavy (non-hydrogen) atoms. The van der Waals surface area contributed by atoms with Crippen LogP contribution in [0.4, 0.5) is 11.6 Å². The molecule has 7 nitrogen and oxygen atoms in total. The Labute approximate surface area is 127 Å². The van der Waals surface area contributed by atoms with Crippen LogP contribution >= 0.6 is 0 Å². The number of amides is 2. The fourth-order valence-corrected chi connectivity index (χ4v) is 2.29. The van der Waals surface area contributed by atoms with Crippen LogP contribution in [0.1, 0.15) is 23.2 Å². The molecule has 3 rings (SSSR count). The molecule has 0 spiro atoms. The zero-order valence-electron chi connectivity index (χ0n) is 12.4. The largest absolute Gasteiger partial charge is 0.373 e. The van der Waals surface area contributed by atoms with E-state index in [1.807, 2.05) is 0 Å². The minimum atomic E-state index is -0.231. The van der Waals surface area contributed by atoms with E-state index in [4.69, 9.17) is 0 Å². The van der Waals surface area contributed by atoms with E-state index < -0.39 is 0 Å². The van der Waals surface area contributed by atoms with Crippen LogP contribution in [0.3, 0.4) is 0 Å². The summed E-state index contributed by atoms with van der Waals surface area (Å²) in [4.78, 5) is 32.3. The van der Waals surface area contributed by atoms with Crippen LogP contribution in [0, 0.1) is 5.92 Å². The lowest BCUT2D eigenvalue weighted by molar-refractivity contribution is -0.117. The Bertz CT molecular complexity index is 755. The molecule has 1 aliphatic rings. The summed E-state index contributed by atoms with van der Waals surface area (Å²) in [5.74, 6) is 0.932. The predicted octanol–water partition coefficient (Wildman–Crippen LogP) is 1.38. The van der Waals surface area contributed by atoms with Crippen molar-refractivity contribution in [2.45, 2.75) is 12.8 Å². The zero-order chi connectivity index (χ0) is 15.7. The number of carbonyl (C=O) groups is 2. The third-order valence-corrected chi connectivity index (χ3v) is 3.68. The van der Waals surface area contributed by atoms with Gasteiger partial charge in [0.15, 0.2) is 0 Å². The summed E-state index contributed by atoms with van der Waals surface area (Å²) >= 11 is 0. The quantitative estimate of drug-likeness (QED) is 0.792. The van der Waals surface area contributed by atoms with Gasteiger partial charge in [-0.2, -0.15) is 0 Å². The van der Waals surface area contributed by atoms with E-state index >= 15 is 0 Å². The van der Waals surface area contributed by atoms with Gasteiger partial charge in [-0.15, -0.1) is 0 Å². The Morgan fingerprint density at radius 2 is 1.91 bits per heavy atom. The second-order valence-electron chi connectivity index (χ2n) is 5.23. The lowest BCUT2D eigenvalue weighted by Gasteiger charge is -2.11. The maximum Gasteiger partial charge on any atom is 0.253 e. The molecule has 1 saturated carbocycles. The Morgan fingerprint density at radius 1 is 1.14 bits per heavy atom. The Hall–Kier alpha value is -2.70. The number of aromatic nitrogens is 2. The normalized spacial score (nSPS) is 13.7. The van der Waals surface area contributed by atoms with Crippen LogP contribution in [0.15, 0.2) is 18.5 Å². The lowest BCUT2D eigenvalue weighted by Crippen LogP contribution is -2.19. The molecule has 1 aliphatic carbocycles. The molecule has 0 aromatic carbocycles. The third kappa shape index (κ3) is 2.57. The predicted molar refractivity (Wildman–Crippen MR) is 83.8 cm³/mol. The van der Waals surface area contributed by atoms with Crippen molar-refractivity contribution < 1.29 is 9.59 Å². The number of fused-ring (bicyclic) bond motifs is 1. The van der Waals surface area contributed by atoms with Gasteiger partial charge in [0.1, 0.15) is 11.6 Å². The topological polar surface area (TPSA) is 96.0 Å². The Morgan fingerprint density at radius 3 is 2.55 bits per heavy atom. The van der Waals surface area contributed by atoms with E-state index in [1.165, 1.54) is 6.20 Å². The van der Waals surface area contributed by atoms with Crippen LogP contribution < -0.4 is 16.0 Å². The smallest absolute Gasteiger partial charge is 0.253 e. The van der Waals surface area contributed by atoms with Crippen molar-refractivity contribution in [3.8, 4) is 0 Å². The molecule has 0 bridgehead atoms. The van der Waals surface area contributed by atoms with Gasteiger partial charge in [0.05, 0.1) is 5.56 Å². The van der Waals surface area contributed by atoms with Gasteiger partial charge in [-0.3, -0.25) is 9.59 Å². The van der Waals surface area contributed by atoms with Gasteiger partial charge in [0.2, 0.25) is 5.91 Å². The molecule has 2 heterocycles. The molecular weight excluding hydrogens is 282 g/mol. The number of carbonyl (C=O) groups excluding carboxylic acids is 2. The van der Waals surface area contributed by atoms with Gasteiger partial charge in [-0.05, 0) is 18.9 Å². The van der Waals surface area contributed by atoms with Gasteiger partial charge in [-0.1, -0.05) is 0 Å². The molecule has 3 N–H and O–H groups in total. The van der Waals surface area contributed by atoms with E-state index in [2.05, 4.69) is 25.9 Å². The Balaban J connectivity index is 2.06. The molecule has 2 aromatic heterocycles. The number of nitrogens with one attached hydrogen (secondary N) is 3. The summed E-state index contributed by atoms with van der Waals surface area (Å²) in [5, 5.41) is 9.78. The molecule has 0 atom stereocenters. The number of rotatable bonds is 4. The first-order chi connectivity index (χ1) is 10.6. The molecule has 0 saturated heterocycles. The van der Waals surface area contributed by atoms with Gasteiger partial charge in [-0.25, -0.2) is 9.97 Å². The van der Waals surface area contributed by atoms with Gasteiger partial charge in [0.25, 0.3) is 5.91 Å². The highest BCUT2D eigenvalue weighted by Crippen LogP contribution is 2.31. The van der Waals surface area contributed by atoms with Crippen molar-refractivity contribution in [3.05, 3.63) is 24.0 Å². The highest BCUT2D eigenvalue weighted by Gasteiger charge is 2.29. The number of anilines is 2.